The molecule has 0 aromatic rings. The van der Waals surface area contributed by atoms with Crippen LogP contribution in [0.1, 0.15) is 51.4 Å². The summed E-state index contributed by atoms with van der Waals surface area (Å²) in [6, 6.07) is 0. The Labute approximate surface area is 111 Å². The Morgan fingerprint density at radius 1 is 0.944 bits per heavy atom. The molecule has 1 heterocycles. The molecule has 0 amide bonds. The Bertz CT molecular complexity index is 216. The number of carbonyl (C=O) groups is 1. The molecule has 0 radical (unpaired) electrons. The van der Waals surface area contributed by atoms with Gasteiger partial charge in [-0.05, 0) is 19.4 Å². The van der Waals surface area contributed by atoms with Gasteiger partial charge in [0.15, 0.2) is 0 Å². The molecule has 4 nitrogen and oxygen atoms in total. The van der Waals surface area contributed by atoms with Crippen LogP contribution in [0.15, 0.2) is 0 Å². The van der Waals surface area contributed by atoms with Crippen molar-refractivity contribution in [2.75, 3.05) is 32.7 Å². The fourth-order valence-corrected chi connectivity index (χ4v) is 2.43. The smallest absolute Gasteiger partial charge is 0.303 e. The number of unbranched alkanes of at least 4 members (excludes halogenated alkanes) is 6. The summed E-state index contributed by atoms with van der Waals surface area (Å²) in [5.74, 6) is -0.661. The van der Waals surface area contributed by atoms with Gasteiger partial charge >= 0.3 is 5.97 Å². The second-order valence-corrected chi connectivity index (χ2v) is 5.21. The lowest BCUT2D eigenvalue weighted by atomic mass is 10.1. The molecule has 1 aliphatic rings. The van der Waals surface area contributed by atoms with Crippen molar-refractivity contribution in [2.45, 2.75) is 51.4 Å². The van der Waals surface area contributed by atoms with Crippen LogP contribution in [0, 0.1) is 0 Å². The maximum atomic E-state index is 10.3. The molecule has 18 heavy (non-hydrogen) atoms. The molecular formula is C14H28N2O2. The third-order valence-electron chi connectivity index (χ3n) is 3.57. The highest BCUT2D eigenvalue weighted by molar-refractivity contribution is 5.66. The highest BCUT2D eigenvalue weighted by atomic mass is 16.4. The normalized spacial score (nSPS) is 16.9. The maximum Gasteiger partial charge on any atom is 0.303 e. The average Bonchev–Trinajstić information content (AvgIpc) is 2.37. The van der Waals surface area contributed by atoms with E-state index in [1.165, 1.54) is 51.7 Å². The number of aliphatic carboxylic acids is 1. The van der Waals surface area contributed by atoms with Crippen LogP contribution in [0.25, 0.3) is 0 Å². The molecule has 0 aromatic heterocycles. The molecule has 0 aromatic carbocycles. The van der Waals surface area contributed by atoms with Gasteiger partial charge < -0.3 is 15.3 Å². The van der Waals surface area contributed by atoms with E-state index < -0.39 is 5.97 Å². The minimum absolute atomic E-state index is 0.336. The van der Waals surface area contributed by atoms with Crippen LogP contribution in [0.3, 0.4) is 0 Å². The van der Waals surface area contributed by atoms with Crippen molar-refractivity contribution in [3.05, 3.63) is 0 Å². The second kappa shape index (κ2) is 10.3. The Balaban J connectivity index is 1.76. The summed E-state index contributed by atoms with van der Waals surface area (Å²) < 4.78 is 0. The predicted octanol–water partition coefficient (Wildman–Crippen LogP) is 2.10. The van der Waals surface area contributed by atoms with Crippen LogP contribution in [0.4, 0.5) is 0 Å². The number of carboxylic acid groups (broad SMARTS) is 1. The van der Waals surface area contributed by atoms with Crippen LogP contribution in [0.5, 0.6) is 0 Å². The Morgan fingerprint density at radius 2 is 1.50 bits per heavy atom. The van der Waals surface area contributed by atoms with Crippen molar-refractivity contribution >= 4 is 5.97 Å². The van der Waals surface area contributed by atoms with Gasteiger partial charge in [-0.2, -0.15) is 0 Å². The highest BCUT2D eigenvalue weighted by Crippen LogP contribution is 2.09. The second-order valence-electron chi connectivity index (χ2n) is 5.21. The first-order valence-electron chi connectivity index (χ1n) is 7.44. The lowest BCUT2D eigenvalue weighted by molar-refractivity contribution is -0.137. The van der Waals surface area contributed by atoms with Gasteiger partial charge in [0.2, 0.25) is 0 Å². The van der Waals surface area contributed by atoms with E-state index in [1.54, 1.807) is 0 Å². The summed E-state index contributed by atoms with van der Waals surface area (Å²) in [5, 5.41) is 11.9. The summed E-state index contributed by atoms with van der Waals surface area (Å²) in [7, 11) is 0. The molecule has 0 atom stereocenters. The standard InChI is InChI=1S/C14H28N2O2/c17-14(18)8-6-4-2-1-3-5-7-11-16-12-9-15-10-13-16/h15H,1-13H2,(H,17,18). The summed E-state index contributed by atoms with van der Waals surface area (Å²) in [6.45, 7) is 5.94. The van der Waals surface area contributed by atoms with Crippen LogP contribution in [-0.4, -0.2) is 48.7 Å². The predicted molar refractivity (Wildman–Crippen MR) is 73.9 cm³/mol. The highest BCUT2D eigenvalue weighted by Gasteiger charge is 2.07. The molecule has 0 spiro atoms. The van der Waals surface area contributed by atoms with Gasteiger partial charge in [-0.15, -0.1) is 0 Å². The van der Waals surface area contributed by atoms with Gasteiger partial charge in [0.25, 0.3) is 0 Å². The molecule has 1 fully saturated rings. The number of carboxylic acids is 1. The van der Waals surface area contributed by atoms with Crippen molar-refractivity contribution in [1.29, 1.82) is 0 Å². The summed E-state index contributed by atoms with van der Waals surface area (Å²) in [5.41, 5.74) is 0. The Morgan fingerprint density at radius 3 is 2.11 bits per heavy atom. The first-order chi connectivity index (χ1) is 8.79. The van der Waals surface area contributed by atoms with E-state index >= 15 is 0 Å². The molecule has 0 aliphatic carbocycles. The lowest BCUT2D eigenvalue weighted by Gasteiger charge is -2.27. The van der Waals surface area contributed by atoms with Crippen LogP contribution < -0.4 is 5.32 Å². The van der Waals surface area contributed by atoms with Crippen molar-refractivity contribution in [3.8, 4) is 0 Å². The monoisotopic (exact) mass is 256 g/mol. The lowest BCUT2D eigenvalue weighted by Crippen LogP contribution is -2.43. The molecule has 0 saturated carbocycles. The van der Waals surface area contributed by atoms with E-state index in [-0.39, 0.29) is 0 Å². The van der Waals surface area contributed by atoms with Gasteiger partial charge in [-0.3, -0.25) is 4.79 Å². The zero-order chi connectivity index (χ0) is 13.1. The molecular weight excluding hydrogens is 228 g/mol. The molecule has 1 aliphatic heterocycles. The first kappa shape index (κ1) is 15.4. The number of hydrogen-bond acceptors (Lipinski definition) is 3. The van der Waals surface area contributed by atoms with Crippen molar-refractivity contribution in [2.24, 2.45) is 0 Å². The van der Waals surface area contributed by atoms with Crippen LogP contribution >= 0.6 is 0 Å². The van der Waals surface area contributed by atoms with Crippen LogP contribution in [0.2, 0.25) is 0 Å². The van der Waals surface area contributed by atoms with Gasteiger partial charge in [-0.25, -0.2) is 0 Å². The molecule has 0 unspecified atom stereocenters. The number of nitrogens with one attached hydrogen (secondary N) is 1. The zero-order valence-electron chi connectivity index (χ0n) is 11.5. The quantitative estimate of drug-likeness (QED) is 0.588. The SMILES string of the molecule is O=C(O)CCCCCCCCCN1CCNCC1. The van der Waals surface area contributed by atoms with E-state index in [2.05, 4.69) is 10.2 Å². The van der Waals surface area contributed by atoms with E-state index in [1.807, 2.05) is 0 Å². The van der Waals surface area contributed by atoms with Gasteiger partial charge in [0.05, 0.1) is 0 Å². The van der Waals surface area contributed by atoms with E-state index in [9.17, 15) is 4.79 Å². The largest absolute Gasteiger partial charge is 0.481 e. The minimum Gasteiger partial charge on any atom is -0.481 e. The van der Waals surface area contributed by atoms with E-state index in [4.69, 9.17) is 5.11 Å². The topological polar surface area (TPSA) is 52.6 Å². The van der Waals surface area contributed by atoms with Crippen molar-refractivity contribution < 1.29 is 9.90 Å². The Hall–Kier alpha value is -0.610. The third kappa shape index (κ3) is 8.48. The van der Waals surface area contributed by atoms with Gasteiger partial charge in [0, 0.05) is 32.6 Å². The first-order valence-corrected chi connectivity index (χ1v) is 7.44. The van der Waals surface area contributed by atoms with Gasteiger partial charge in [0.1, 0.15) is 0 Å². The molecule has 106 valence electrons. The molecule has 0 bridgehead atoms. The number of rotatable bonds is 10. The molecule has 4 heteroatoms. The van der Waals surface area contributed by atoms with Crippen molar-refractivity contribution in [1.82, 2.24) is 10.2 Å². The third-order valence-corrected chi connectivity index (χ3v) is 3.57. The van der Waals surface area contributed by atoms with Gasteiger partial charge in [-0.1, -0.05) is 32.1 Å². The van der Waals surface area contributed by atoms with Crippen molar-refractivity contribution in [3.63, 3.8) is 0 Å². The summed E-state index contributed by atoms with van der Waals surface area (Å²) in [4.78, 5) is 12.9. The zero-order valence-corrected chi connectivity index (χ0v) is 11.5. The number of piperazine rings is 1. The minimum atomic E-state index is -0.661. The average molecular weight is 256 g/mol. The fraction of sp³-hybridized carbons (Fsp3) is 0.929. The van der Waals surface area contributed by atoms with E-state index in [0.29, 0.717) is 6.42 Å². The Kier molecular flexibility index (Phi) is 8.86. The molecule has 1 rings (SSSR count). The molecule has 1 saturated heterocycles. The van der Waals surface area contributed by atoms with E-state index in [0.717, 1.165) is 25.9 Å². The summed E-state index contributed by atoms with van der Waals surface area (Å²) >= 11 is 0. The fourth-order valence-electron chi connectivity index (χ4n) is 2.43. The van der Waals surface area contributed by atoms with Crippen LogP contribution in [-0.2, 0) is 4.79 Å². The number of nitrogens with zero attached hydrogens (tertiary/aromatic N) is 1. The number of hydrogen-bond donors (Lipinski definition) is 2. The maximum absolute atomic E-state index is 10.3. The molecule has 2 N–H and O–H groups in total. The summed E-state index contributed by atoms with van der Waals surface area (Å²) in [6.07, 6.45) is 8.66.